The lowest BCUT2D eigenvalue weighted by atomic mass is 9.82. The molecule has 3 aromatic rings. The van der Waals surface area contributed by atoms with Crippen LogP contribution in [-0.2, 0) is 35.3 Å². The molecular formula is C39H49F5N6O9S. The number of nitrogens with one attached hydrogen (secondary N) is 2. The molecular weight excluding hydrogens is 824 g/mol. The monoisotopic (exact) mass is 872 g/mol. The van der Waals surface area contributed by atoms with Gasteiger partial charge in [0.2, 0.25) is 17.7 Å². The molecule has 3 amide bonds. The second-order valence-corrected chi connectivity index (χ2v) is 15.8. The number of carboxylic acids is 3. The number of hydrogen-bond donors (Lipinski definition) is 7. The van der Waals surface area contributed by atoms with Gasteiger partial charge in [-0.3, -0.25) is 24.0 Å². The number of benzene rings is 2. The Morgan fingerprint density at radius 3 is 1.97 bits per heavy atom. The first-order valence-corrected chi connectivity index (χ1v) is 19.3. The lowest BCUT2D eigenvalue weighted by molar-refractivity contribution is -0.192. The van der Waals surface area contributed by atoms with Crippen molar-refractivity contribution in [3.63, 3.8) is 0 Å². The molecule has 1 heterocycles. The maximum atomic E-state index is 15.0. The van der Waals surface area contributed by atoms with Gasteiger partial charge in [0.05, 0.1) is 23.8 Å². The lowest BCUT2D eigenvalue weighted by Gasteiger charge is -2.41. The van der Waals surface area contributed by atoms with Crippen molar-refractivity contribution in [1.29, 1.82) is 0 Å². The van der Waals surface area contributed by atoms with Gasteiger partial charge in [0.25, 0.3) is 0 Å². The number of thioether (sulfide) groups is 1. The number of carbonyl (C=O) groups is 6. The maximum absolute atomic E-state index is 15.0. The zero-order chi connectivity index (χ0) is 45.5. The normalized spacial score (nSPS) is 13.4. The molecule has 0 saturated carbocycles. The Hall–Kier alpha value is -5.54. The van der Waals surface area contributed by atoms with E-state index in [4.69, 9.17) is 31.6 Å². The maximum Gasteiger partial charge on any atom is 0.490 e. The Morgan fingerprint density at radius 1 is 0.867 bits per heavy atom. The molecule has 60 heavy (non-hydrogen) atoms. The molecule has 9 N–H and O–H groups in total. The molecule has 3 rings (SSSR count). The highest BCUT2D eigenvalue weighted by molar-refractivity contribution is 8.00. The van der Waals surface area contributed by atoms with E-state index in [0.29, 0.717) is 17.8 Å². The third kappa shape index (κ3) is 16.3. The van der Waals surface area contributed by atoms with E-state index in [1.165, 1.54) is 6.92 Å². The molecule has 0 fully saturated rings. The average molecular weight is 873 g/mol. The average Bonchev–Trinajstić information content (AvgIpc) is 3.55. The zero-order valence-corrected chi connectivity index (χ0v) is 34.0. The van der Waals surface area contributed by atoms with Crippen LogP contribution >= 0.6 is 11.8 Å². The molecule has 0 saturated heterocycles. The Kier molecular flexibility index (Phi) is 19.2. The molecule has 4 atom stereocenters. The Bertz CT molecular complexity index is 1960. The molecule has 15 nitrogen and oxygen atoms in total. The number of alkyl halides is 3. The van der Waals surface area contributed by atoms with Crippen molar-refractivity contribution >= 4 is 47.4 Å². The van der Waals surface area contributed by atoms with Crippen molar-refractivity contribution in [2.75, 3.05) is 25.4 Å². The topological polar surface area (TPSA) is 247 Å². The van der Waals surface area contributed by atoms with Gasteiger partial charge in [0.1, 0.15) is 17.7 Å². The molecule has 0 aliphatic rings. The largest absolute Gasteiger partial charge is 0.490 e. The fraction of sp³-hybridized carbons (Fsp3) is 0.436. The molecule has 0 aliphatic carbocycles. The van der Waals surface area contributed by atoms with Crippen LogP contribution in [0.3, 0.4) is 0 Å². The third-order valence-electron chi connectivity index (χ3n) is 8.61. The van der Waals surface area contributed by atoms with Crippen molar-refractivity contribution in [1.82, 2.24) is 20.1 Å². The summed E-state index contributed by atoms with van der Waals surface area (Å²) in [6.45, 7) is 7.65. The minimum absolute atomic E-state index is 0.0369. The number of halogens is 5. The molecule has 0 bridgehead atoms. The Morgan fingerprint density at radius 2 is 1.45 bits per heavy atom. The lowest BCUT2D eigenvalue weighted by Crippen LogP contribution is -2.47. The van der Waals surface area contributed by atoms with Gasteiger partial charge in [-0.2, -0.15) is 13.2 Å². The number of hydrogen-bond acceptors (Lipinski definition) is 9. The van der Waals surface area contributed by atoms with Crippen molar-refractivity contribution in [3.8, 4) is 11.1 Å². The smallest absolute Gasteiger partial charge is 0.481 e. The van der Waals surface area contributed by atoms with Crippen LogP contribution in [0.25, 0.3) is 11.1 Å². The highest BCUT2D eigenvalue weighted by Gasteiger charge is 2.38. The van der Waals surface area contributed by atoms with E-state index in [1.807, 2.05) is 55.7 Å². The summed E-state index contributed by atoms with van der Waals surface area (Å²) < 4.78 is 62.9. The third-order valence-corrected chi connectivity index (χ3v) is 9.95. The number of carbonyl (C=O) groups excluding carboxylic acids is 3. The summed E-state index contributed by atoms with van der Waals surface area (Å²) in [7, 11) is 0. The fourth-order valence-electron chi connectivity index (χ4n) is 5.78. The van der Waals surface area contributed by atoms with Crippen LogP contribution in [0.15, 0.2) is 60.8 Å². The Labute approximate surface area is 346 Å². The van der Waals surface area contributed by atoms with Gasteiger partial charge in [-0.25, -0.2) is 13.6 Å². The highest BCUT2D eigenvalue weighted by Crippen LogP contribution is 2.41. The van der Waals surface area contributed by atoms with E-state index in [1.54, 1.807) is 17.2 Å². The predicted molar refractivity (Wildman–Crippen MR) is 211 cm³/mol. The van der Waals surface area contributed by atoms with Crippen molar-refractivity contribution in [2.45, 2.75) is 76.6 Å². The van der Waals surface area contributed by atoms with Crippen molar-refractivity contribution in [3.05, 3.63) is 83.7 Å². The van der Waals surface area contributed by atoms with Crippen molar-refractivity contribution in [2.24, 2.45) is 16.9 Å². The summed E-state index contributed by atoms with van der Waals surface area (Å²) in [5.41, 5.74) is 13.3. The van der Waals surface area contributed by atoms with Crippen LogP contribution < -0.4 is 22.1 Å². The standard InChI is InChI=1S/C37H48F2N6O7S.C2HF3O2/c1-22(46)45(15-12-28(40)34(49)42-13-14-43-35(50)31(18-32(47)48)53-21-29(41)36(51)52)33(37(2,3)4)30-16-24(26-17-25(38)10-11-27(26)39)20-44(30)19-23-8-6-5-7-9-23;3-2(4,5)1(6)7/h5-11,16-17,20,28-29,31,33H,12-15,18-19,21,40-41H2,1-4H3,(H,42,49)(H,43,50)(H,47,48)(H,51,52);(H,6,7)/t28-,29-,31?,33-;/m0./s1. The Balaban J connectivity index is 0.00000162. The van der Waals surface area contributed by atoms with Crippen LogP contribution in [0.2, 0.25) is 0 Å². The molecule has 0 radical (unpaired) electrons. The van der Waals surface area contributed by atoms with Gasteiger partial charge in [-0.1, -0.05) is 51.1 Å². The summed E-state index contributed by atoms with van der Waals surface area (Å²) in [6, 6.07) is 11.7. The van der Waals surface area contributed by atoms with Crippen LogP contribution in [0.5, 0.6) is 0 Å². The van der Waals surface area contributed by atoms with E-state index < -0.39 is 82.7 Å². The van der Waals surface area contributed by atoms with E-state index in [0.717, 1.165) is 35.5 Å². The van der Waals surface area contributed by atoms with Crippen LogP contribution in [0, 0.1) is 17.0 Å². The number of nitrogens with two attached hydrogens (primary N) is 2. The first kappa shape index (κ1) is 50.6. The SMILES string of the molecule is CC(=O)N(CC[C@H](N)C(=O)NCCNC(=O)C(CC(=O)O)SC[C@H](N)C(=O)O)[C@@H](c1cc(-c2cc(F)ccc2F)cn1Cc1ccccc1)C(C)(C)C.O=C(O)C(F)(F)F. The van der Waals surface area contributed by atoms with Crippen LogP contribution in [0.4, 0.5) is 22.0 Å². The molecule has 2 aromatic carbocycles. The summed E-state index contributed by atoms with van der Waals surface area (Å²) in [6.07, 6.45) is -3.83. The number of nitrogens with zero attached hydrogens (tertiary/aromatic N) is 2. The first-order valence-electron chi connectivity index (χ1n) is 18.2. The van der Waals surface area contributed by atoms with E-state index in [2.05, 4.69) is 10.6 Å². The van der Waals surface area contributed by atoms with Gasteiger partial charge in [0, 0.05) is 61.9 Å². The molecule has 21 heteroatoms. The zero-order valence-electron chi connectivity index (χ0n) is 33.2. The highest BCUT2D eigenvalue weighted by atomic mass is 32.2. The minimum atomic E-state index is -5.08. The minimum Gasteiger partial charge on any atom is -0.481 e. The van der Waals surface area contributed by atoms with Gasteiger partial charge in [0.15, 0.2) is 0 Å². The predicted octanol–water partition coefficient (Wildman–Crippen LogP) is 3.99. The van der Waals surface area contributed by atoms with E-state index in [-0.39, 0.29) is 43.3 Å². The van der Waals surface area contributed by atoms with Gasteiger partial charge < -0.3 is 46.9 Å². The quantitative estimate of drug-likeness (QED) is 0.0668. The summed E-state index contributed by atoms with van der Waals surface area (Å²) in [4.78, 5) is 71.5. The van der Waals surface area contributed by atoms with E-state index >= 15 is 0 Å². The van der Waals surface area contributed by atoms with Crippen LogP contribution in [0.1, 0.15) is 57.8 Å². The van der Waals surface area contributed by atoms with E-state index in [9.17, 15) is 45.9 Å². The number of aromatic nitrogens is 1. The summed E-state index contributed by atoms with van der Waals surface area (Å²) in [5.74, 6) is -8.14. The second-order valence-electron chi connectivity index (χ2n) is 14.5. The van der Waals surface area contributed by atoms with Crippen molar-refractivity contribution < 1.29 is 66.0 Å². The molecule has 0 aliphatic heterocycles. The molecule has 330 valence electrons. The molecule has 0 spiro atoms. The van der Waals surface area contributed by atoms with Crippen LogP contribution in [-0.4, -0.2) is 109 Å². The number of carboxylic acid groups (broad SMARTS) is 3. The number of amides is 3. The van der Waals surface area contributed by atoms with Gasteiger partial charge >= 0.3 is 24.1 Å². The summed E-state index contributed by atoms with van der Waals surface area (Å²) in [5, 5.41) is 29.3. The first-order chi connectivity index (χ1) is 27.8. The fourth-order valence-corrected chi connectivity index (χ4v) is 6.86. The van der Waals surface area contributed by atoms with Gasteiger partial charge in [-0.15, -0.1) is 11.8 Å². The molecule has 1 aromatic heterocycles. The summed E-state index contributed by atoms with van der Waals surface area (Å²) >= 11 is 0.808. The number of aliphatic carboxylic acids is 3. The second kappa shape index (κ2) is 22.7. The van der Waals surface area contributed by atoms with Gasteiger partial charge in [-0.05, 0) is 41.7 Å². The number of rotatable bonds is 19. The molecule has 1 unspecified atom stereocenters.